The van der Waals surface area contributed by atoms with Gasteiger partial charge >= 0.3 is 0 Å². The van der Waals surface area contributed by atoms with Crippen molar-refractivity contribution in [1.82, 2.24) is 0 Å². The van der Waals surface area contributed by atoms with Gasteiger partial charge in [0, 0.05) is 12.0 Å². The van der Waals surface area contributed by atoms with E-state index in [0.717, 1.165) is 11.1 Å². The van der Waals surface area contributed by atoms with Crippen LogP contribution in [-0.2, 0) is 6.42 Å². The van der Waals surface area contributed by atoms with Crippen molar-refractivity contribution in [1.29, 1.82) is 0 Å². The van der Waals surface area contributed by atoms with Crippen LogP contribution in [0.25, 0.3) is 0 Å². The van der Waals surface area contributed by atoms with E-state index >= 15 is 0 Å². The first-order valence-corrected chi connectivity index (χ1v) is 7.06. The zero-order chi connectivity index (χ0) is 15.9. The van der Waals surface area contributed by atoms with Crippen LogP contribution in [0, 0.1) is 0 Å². The van der Waals surface area contributed by atoms with Crippen LogP contribution < -0.4 is 14.2 Å². The van der Waals surface area contributed by atoms with Gasteiger partial charge in [0.1, 0.15) is 0 Å². The van der Waals surface area contributed by atoms with E-state index in [9.17, 15) is 4.79 Å². The van der Waals surface area contributed by atoms with Crippen molar-refractivity contribution in [3.8, 4) is 17.2 Å². The number of benzene rings is 2. The van der Waals surface area contributed by atoms with Crippen molar-refractivity contribution in [2.45, 2.75) is 12.8 Å². The van der Waals surface area contributed by atoms with Gasteiger partial charge in [-0.3, -0.25) is 4.79 Å². The summed E-state index contributed by atoms with van der Waals surface area (Å²) in [4.78, 5) is 12.2. The van der Waals surface area contributed by atoms with E-state index in [4.69, 9.17) is 14.2 Å². The fourth-order valence-corrected chi connectivity index (χ4v) is 2.31. The van der Waals surface area contributed by atoms with Gasteiger partial charge in [-0.25, -0.2) is 0 Å². The van der Waals surface area contributed by atoms with E-state index in [1.165, 1.54) is 0 Å². The molecule has 0 fully saturated rings. The Hall–Kier alpha value is -2.49. The van der Waals surface area contributed by atoms with Crippen molar-refractivity contribution >= 4 is 5.78 Å². The number of carbonyl (C=O) groups is 1. The van der Waals surface area contributed by atoms with Gasteiger partial charge in [-0.2, -0.15) is 0 Å². The molecule has 0 N–H and O–H groups in total. The lowest BCUT2D eigenvalue weighted by Crippen LogP contribution is -2.02. The molecule has 0 aromatic heterocycles. The van der Waals surface area contributed by atoms with Crippen molar-refractivity contribution < 1.29 is 19.0 Å². The summed E-state index contributed by atoms with van der Waals surface area (Å²) in [5.74, 6) is 1.88. The predicted molar refractivity (Wildman–Crippen MR) is 85.2 cm³/mol. The average Bonchev–Trinajstić information content (AvgIpc) is 2.59. The molecule has 0 aliphatic heterocycles. The molecule has 0 aliphatic rings. The molecule has 0 saturated heterocycles. The summed E-state index contributed by atoms with van der Waals surface area (Å²) >= 11 is 0. The molecule has 4 heteroatoms. The zero-order valence-corrected chi connectivity index (χ0v) is 13.1. The molecule has 0 spiro atoms. The number of carbonyl (C=O) groups excluding carboxylic acids is 1. The number of ketones is 1. The molecule has 0 aliphatic carbocycles. The van der Waals surface area contributed by atoms with Crippen LogP contribution >= 0.6 is 0 Å². The van der Waals surface area contributed by atoms with Crippen molar-refractivity contribution in [3.05, 3.63) is 53.6 Å². The molecule has 4 nitrogen and oxygen atoms in total. The Morgan fingerprint density at radius 3 is 2.00 bits per heavy atom. The molecular weight excluding hydrogens is 280 g/mol. The van der Waals surface area contributed by atoms with E-state index in [1.54, 1.807) is 21.3 Å². The van der Waals surface area contributed by atoms with Crippen molar-refractivity contribution in [3.63, 3.8) is 0 Å². The highest BCUT2D eigenvalue weighted by Crippen LogP contribution is 2.38. The molecule has 0 saturated carbocycles. The molecule has 0 radical (unpaired) electrons. The second kappa shape index (κ2) is 7.50. The number of aryl methyl sites for hydroxylation is 1. The number of rotatable bonds is 7. The monoisotopic (exact) mass is 300 g/mol. The molecule has 2 aromatic carbocycles. The third-order valence-electron chi connectivity index (χ3n) is 3.46. The summed E-state index contributed by atoms with van der Waals surface area (Å²) in [5.41, 5.74) is 1.70. The van der Waals surface area contributed by atoms with Crippen LogP contribution in [-0.4, -0.2) is 27.1 Å². The lowest BCUT2D eigenvalue weighted by atomic mass is 10.0. The third kappa shape index (κ3) is 3.58. The minimum Gasteiger partial charge on any atom is -0.493 e. The summed E-state index contributed by atoms with van der Waals surface area (Å²) in [6.45, 7) is 0. The number of hydrogen-bond acceptors (Lipinski definition) is 4. The Morgan fingerprint density at radius 2 is 1.50 bits per heavy atom. The minimum atomic E-state index is 0.120. The molecule has 2 aromatic rings. The van der Waals surface area contributed by atoms with E-state index in [-0.39, 0.29) is 5.78 Å². The van der Waals surface area contributed by atoms with Crippen LogP contribution in [0.3, 0.4) is 0 Å². The molecule has 116 valence electrons. The van der Waals surface area contributed by atoms with Gasteiger partial charge in [0.25, 0.3) is 0 Å². The van der Waals surface area contributed by atoms with Gasteiger partial charge in [0.15, 0.2) is 17.3 Å². The average molecular weight is 300 g/mol. The van der Waals surface area contributed by atoms with Crippen molar-refractivity contribution in [2.24, 2.45) is 0 Å². The highest BCUT2D eigenvalue weighted by atomic mass is 16.5. The normalized spacial score (nSPS) is 10.1. The maximum atomic E-state index is 12.2. The van der Waals surface area contributed by atoms with Gasteiger partial charge in [-0.15, -0.1) is 0 Å². The largest absolute Gasteiger partial charge is 0.493 e. The topological polar surface area (TPSA) is 44.8 Å². The molecule has 0 heterocycles. The summed E-state index contributed by atoms with van der Waals surface area (Å²) in [6, 6.07) is 13.0. The van der Waals surface area contributed by atoms with Crippen molar-refractivity contribution in [2.75, 3.05) is 21.3 Å². The minimum absolute atomic E-state index is 0.120. The first kappa shape index (κ1) is 15.9. The lowest BCUT2D eigenvalue weighted by molar-refractivity contribution is 0.0983. The Balaban J connectivity index is 2.14. The standard InChI is InChI=1S/C18H20O4/c1-20-16-11-13(12-17(21-2)18(16)22-3)9-10-15(19)14-7-5-4-6-8-14/h4-8,11-12H,9-10H2,1-3H3. The Kier molecular flexibility index (Phi) is 5.42. The third-order valence-corrected chi connectivity index (χ3v) is 3.46. The number of Topliss-reactive ketones (excluding diaryl/α,β-unsaturated/α-hetero) is 1. The van der Waals surface area contributed by atoms with Gasteiger partial charge in [-0.1, -0.05) is 30.3 Å². The van der Waals surface area contributed by atoms with Crippen LogP contribution in [0.5, 0.6) is 17.2 Å². The fraction of sp³-hybridized carbons (Fsp3) is 0.278. The summed E-state index contributed by atoms with van der Waals surface area (Å²) in [6.07, 6.45) is 1.05. The summed E-state index contributed by atoms with van der Waals surface area (Å²) in [5, 5.41) is 0. The second-order valence-electron chi connectivity index (χ2n) is 4.82. The van der Waals surface area contributed by atoms with Gasteiger partial charge in [-0.05, 0) is 24.1 Å². The molecule has 0 atom stereocenters. The second-order valence-corrected chi connectivity index (χ2v) is 4.82. The smallest absolute Gasteiger partial charge is 0.203 e. The molecule has 0 amide bonds. The summed E-state index contributed by atoms with van der Waals surface area (Å²) < 4.78 is 15.9. The molecule has 2 rings (SSSR count). The Bertz CT molecular complexity index is 610. The Morgan fingerprint density at radius 1 is 0.909 bits per heavy atom. The maximum absolute atomic E-state index is 12.2. The number of methoxy groups -OCH3 is 3. The number of ether oxygens (including phenoxy) is 3. The van der Waals surface area contributed by atoms with E-state index in [0.29, 0.717) is 30.1 Å². The highest BCUT2D eigenvalue weighted by Gasteiger charge is 2.14. The quantitative estimate of drug-likeness (QED) is 0.734. The van der Waals surface area contributed by atoms with Gasteiger partial charge in [0.2, 0.25) is 5.75 Å². The predicted octanol–water partition coefficient (Wildman–Crippen LogP) is 3.53. The van der Waals surface area contributed by atoms with Gasteiger partial charge in [0.05, 0.1) is 21.3 Å². The van der Waals surface area contributed by atoms with E-state index in [2.05, 4.69) is 0 Å². The summed E-state index contributed by atoms with van der Waals surface area (Å²) in [7, 11) is 4.73. The first-order chi connectivity index (χ1) is 10.7. The van der Waals surface area contributed by atoms with Crippen LogP contribution in [0.1, 0.15) is 22.3 Å². The van der Waals surface area contributed by atoms with Crippen LogP contribution in [0.4, 0.5) is 0 Å². The highest BCUT2D eigenvalue weighted by molar-refractivity contribution is 5.96. The fourth-order valence-electron chi connectivity index (χ4n) is 2.31. The van der Waals surface area contributed by atoms with E-state index in [1.807, 2.05) is 42.5 Å². The first-order valence-electron chi connectivity index (χ1n) is 7.06. The molecule has 22 heavy (non-hydrogen) atoms. The maximum Gasteiger partial charge on any atom is 0.203 e. The van der Waals surface area contributed by atoms with Crippen LogP contribution in [0.15, 0.2) is 42.5 Å². The van der Waals surface area contributed by atoms with Gasteiger partial charge < -0.3 is 14.2 Å². The molecular formula is C18H20O4. The molecule has 0 unspecified atom stereocenters. The zero-order valence-electron chi connectivity index (χ0n) is 13.1. The SMILES string of the molecule is COc1cc(CCC(=O)c2ccccc2)cc(OC)c1OC. The lowest BCUT2D eigenvalue weighted by Gasteiger charge is -2.14. The van der Waals surface area contributed by atoms with Crippen LogP contribution in [0.2, 0.25) is 0 Å². The number of hydrogen-bond donors (Lipinski definition) is 0. The Labute approximate surface area is 130 Å². The van der Waals surface area contributed by atoms with E-state index < -0.39 is 0 Å². The molecule has 0 bridgehead atoms.